The highest BCUT2D eigenvalue weighted by atomic mass is 32.1. The van der Waals surface area contributed by atoms with Crippen LogP contribution in [0.3, 0.4) is 0 Å². The number of aromatic nitrogens is 1. The fourth-order valence-corrected chi connectivity index (χ4v) is 7.08. The van der Waals surface area contributed by atoms with Gasteiger partial charge in [-0.05, 0) is 60.7 Å². The number of carbonyl (C=O) groups excluding carboxylic acids is 1. The minimum atomic E-state index is -0.473. The molecule has 0 bridgehead atoms. The summed E-state index contributed by atoms with van der Waals surface area (Å²) in [6.07, 6.45) is 5.76. The van der Waals surface area contributed by atoms with Crippen LogP contribution in [0.1, 0.15) is 35.3 Å². The van der Waals surface area contributed by atoms with Gasteiger partial charge >= 0.3 is 0 Å². The van der Waals surface area contributed by atoms with Crippen molar-refractivity contribution in [3.8, 4) is 21.3 Å². The highest BCUT2D eigenvalue weighted by Gasteiger charge is 2.15. The highest BCUT2D eigenvalue weighted by Crippen LogP contribution is 2.41. The van der Waals surface area contributed by atoms with Crippen LogP contribution in [0.15, 0.2) is 79.0 Å². The van der Waals surface area contributed by atoms with Gasteiger partial charge in [0.05, 0.1) is 10.2 Å². The molecule has 0 aliphatic rings. The van der Waals surface area contributed by atoms with Gasteiger partial charge in [0.2, 0.25) is 0 Å². The first-order chi connectivity index (χ1) is 20.0. The predicted molar refractivity (Wildman–Crippen MR) is 170 cm³/mol. The average molecular weight is 604 g/mol. The molecule has 0 radical (unpaired) electrons. The molecule has 0 unspecified atom stereocenters. The van der Waals surface area contributed by atoms with Crippen molar-refractivity contribution in [3.05, 3.63) is 101 Å². The van der Waals surface area contributed by atoms with Crippen LogP contribution >= 0.6 is 34.9 Å². The largest absolute Gasteiger partial charge is 0.453 e. The minimum Gasteiger partial charge on any atom is -0.453 e. The van der Waals surface area contributed by atoms with Gasteiger partial charge < -0.3 is 9.47 Å². The lowest BCUT2D eigenvalue weighted by atomic mass is 10.0. The third kappa shape index (κ3) is 7.92. The smallest absolute Gasteiger partial charge is 0.166 e. The number of fused-ring (bicyclic) bond motifs is 1. The summed E-state index contributed by atoms with van der Waals surface area (Å²) in [4.78, 5) is 21.2. The van der Waals surface area contributed by atoms with Gasteiger partial charge in [0.25, 0.3) is 0 Å². The van der Waals surface area contributed by atoms with E-state index < -0.39 is 5.82 Å². The summed E-state index contributed by atoms with van der Waals surface area (Å²) < 4.78 is 27.2. The zero-order valence-corrected chi connectivity index (χ0v) is 25.2. The number of pyridine rings is 1. The third-order valence-corrected chi connectivity index (χ3v) is 9.33. The van der Waals surface area contributed by atoms with E-state index in [0.29, 0.717) is 29.0 Å². The number of hydrogen-bond acceptors (Lipinski definition) is 7. The monoisotopic (exact) mass is 603 g/mol. The topological polar surface area (TPSA) is 48.4 Å². The SMILES string of the molecule is COCCCCc1ccc(-c2cc3nccc(Oc4ccc(CC(=S)CC(=O)Cc5ccccc5)cc4F)c3s2)s1. The number of nitrogens with zero attached hydrogens (tertiary/aromatic N) is 1. The van der Waals surface area contributed by atoms with Crippen LogP contribution in [-0.4, -0.2) is 29.3 Å². The summed E-state index contributed by atoms with van der Waals surface area (Å²) in [5.74, 6) is 0.284. The Morgan fingerprint density at radius 3 is 2.56 bits per heavy atom. The molecule has 0 saturated heterocycles. The van der Waals surface area contributed by atoms with E-state index in [2.05, 4.69) is 23.2 Å². The molecule has 2 aromatic carbocycles. The van der Waals surface area contributed by atoms with Crippen molar-refractivity contribution in [2.75, 3.05) is 13.7 Å². The Balaban J connectivity index is 1.23. The molecule has 41 heavy (non-hydrogen) atoms. The van der Waals surface area contributed by atoms with Crippen molar-refractivity contribution in [1.29, 1.82) is 0 Å². The number of ether oxygens (including phenoxy) is 2. The van der Waals surface area contributed by atoms with Crippen molar-refractivity contribution in [2.45, 2.75) is 38.5 Å². The van der Waals surface area contributed by atoms with Crippen LogP contribution < -0.4 is 4.74 Å². The Morgan fingerprint density at radius 1 is 0.902 bits per heavy atom. The molecule has 3 aromatic heterocycles. The van der Waals surface area contributed by atoms with E-state index in [1.807, 2.05) is 30.3 Å². The molecule has 8 heteroatoms. The quantitative estimate of drug-likeness (QED) is 0.0936. The van der Waals surface area contributed by atoms with E-state index in [4.69, 9.17) is 21.7 Å². The zero-order valence-electron chi connectivity index (χ0n) is 22.7. The van der Waals surface area contributed by atoms with Gasteiger partial charge in [-0.1, -0.05) is 48.6 Å². The fourth-order valence-electron chi connectivity index (χ4n) is 4.56. The van der Waals surface area contributed by atoms with Gasteiger partial charge in [0.15, 0.2) is 11.6 Å². The van der Waals surface area contributed by atoms with Crippen LogP contribution in [0.5, 0.6) is 11.5 Å². The summed E-state index contributed by atoms with van der Waals surface area (Å²) in [5.41, 5.74) is 2.49. The second kappa shape index (κ2) is 14.0. The van der Waals surface area contributed by atoms with Gasteiger partial charge in [0.1, 0.15) is 11.5 Å². The Hall–Kier alpha value is -3.30. The molecule has 0 saturated carbocycles. The summed E-state index contributed by atoms with van der Waals surface area (Å²) in [7, 11) is 1.73. The average Bonchev–Trinajstić information content (AvgIpc) is 3.61. The molecule has 0 atom stereocenters. The number of thiophene rings is 2. The van der Waals surface area contributed by atoms with Crippen molar-refractivity contribution >= 4 is 55.8 Å². The second-order valence-corrected chi connectivity index (χ2v) is 12.6. The molecule has 0 N–H and O–H groups in total. The summed E-state index contributed by atoms with van der Waals surface area (Å²) >= 11 is 8.84. The molecule has 0 aliphatic carbocycles. The number of Topliss-reactive ketones (excluding diaryl/α,β-unsaturated/α-hetero) is 1. The normalized spacial score (nSPS) is 11.2. The van der Waals surface area contributed by atoms with Crippen LogP contribution in [0.4, 0.5) is 4.39 Å². The van der Waals surface area contributed by atoms with E-state index in [1.54, 1.807) is 54.2 Å². The molecule has 0 fully saturated rings. The maximum absolute atomic E-state index is 15.1. The number of halogens is 1. The molecule has 4 nitrogen and oxygen atoms in total. The third-order valence-electron chi connectivity index (χ3n) is 6.56. The molecule has 5 aromatic rings. The van der Waals surface area contributed by atoms with Gasteiger partial charge in [-0.25, -0.2) is 4.39 Å². The van der Waals surface area contributed by atoms with E-state index in [1.165, 1.54) is 15.8 Å². The number of ketones is 1. The molecule has 210 valence electrons. The number of unbranched alkanes of at least 4 members (excludes halogenated alkanes) is 1. The molecular formula is C33H30FNO3S3. The zero-order chi connectivity index (χ0) is 28.6. The maximum Gasteiger partial charge on any atom is 0.166 e. The number of hydrogen-bond donors (Lipinski definition) is 0. The number of aryl methyl sites for hydroxylation is 1. The number of thiocarbonyl (C=S) groups is 1. The molecule has 0 amide bonds. The Kier molecular flexibility index (Phi) is 10.0. The molecule has 5 rings (SSSR count). The van der Waals surface area contributed by atoms with Crippen molar-refractivity contribution < 1.29 is 18.7 Å². The standard InChI is InChI=1S/C33H30FNO3S3/c1-37-16-6-5-9-26-11-13-31(40-26)32-21-28-33(41-32)30(14-15-35-28)38-29-12-10-23(19-27(29)34)18-25(39)20-24(36)17-22-7-3-2-4-8-22/h2-4,7-8,10-15,19,21H,5-6,9,16-18,20H2,1H3. The van der Waals surface area contributed by atoms with E-state index in [-0.39, 0.29) is 18.0 Å². The number of benzene rings is 2. The summed E-state index contributed by atoms with van der Waals surface area (Å²) in [6.45, 7) is 0.788. The van der Waals surface area contributed by atoms with Gasteiger partial charge in [-0.3, -0.25) is 9.78 Å². The first-order valence-corrected chi connectivity index (χ1v) is 15.5. The highest BCUT2D eigenvalue weighted by molar-refractivity contribution is 7.80. The molecular weight excluding hydrogens is 574 g/mol. The lowest BCUT2D eigenvalue weighted by Crippen LogP contribution is -2.11. The molecule has 3 heterocycles. The number of rotatable bonds is 14. The molecule has 0 spiro atoms. The van der Waals surface area contributed by atoms with Crippen molar-refractivity contribution in [1.82, 2.24) is 4.98 Å². The Labute approximate surface area is 252 Å². The van der Waals surface area contributed by atoms with Gasteiger partial charge in [0, 0.05) is 64.7 Å². The fraction of sp³-hybridized carbons (Fsp3) is 0.242. The molecule has 0 aliphatic heterocycles. The maximum atomic E-state index is 15.1. The second-order valence-electron chi connectivity index (χ2n) is 9.81. The minimum absolute atomic E-state index is 0.0551. The van der Waals surface area contributed by atoms with E-state index >= 15 is 4.39 Å². The Morgan fingerprint density at radius 2 is 1.76 bits per heavy atom. The lowest BCUT2D eigenvalue weighted by molar-refractivity contribution is -0.117. The summed E-state index contributed by atoms with van der Waals surface area (Å²) in [5, 5.41) is 0. The van der Waals surface area contributed by atoms with E-state index in [0.717, 1.165) is 46.5 Å². The summed E-state index contributed by atoms with van der Waals surface area (Å²) in [6, 6.07) is 22.6. The Bertz CT molecular complexity index is 1640. The van der Waals surface area contributed by atoms with Crippen LogP contribution in [0, 0.1) is 5.82 Å². The van der Waals surface area contributed by atoms with Crippen molar-refractivity contribution in [2.24, 2.45) is 0 Å². The predicted octanol–water partition coefficient (Wildman–Crippen LogP) is 9.04. The number of methoxy groups -OCH3 is 1. The van der Waals surface area contributed by atoms with Gasteiger partial charge in [-0.2, -0.15) is 0 Å². The van der Waals surface area contributed by atoms with Crippen LogP contribution in [-0.2, 0) is 28.8 Å². The first-order valence-electron chi connectivity index (χ1n) is 13.5. The lowest BCUT2D eigenvalue weighted by Gasteiger charge is -2.10. The van der Waals surface area contributed by atoms with Crippen LogP contribution in [0.2, 0.25) is 0 Å². The van der Waals surface area contributed by atoms with Gasteiger partial charge in [-0.15, -0.1) is 22.7 Å². The van der Waals surface area contributed by atoms with Crippen LogP contribution in [0.25, 0.3) is 20.0 Å². The first kappa shape index (κ1) is 29.2. The van der Waals surface area contributed by atoms with Crippen molar-refractivity contribution in [3.63, 3.8) is 0 Å². The van der Waals surface area contributed by atoms with E-state index in [9.17, 15) is 4.79 Å². The number of carbonyl (C=O) groups is 1.